The molecule has 0 saturated carbocycles. The number of azide groups is 1. The number of hydrogen-bond acceptors (Lipinski definition) is 7. The number of anilines is 1. The number of nitrogens with zero attached hydrogens (tertiary/aromatic N) is 5. The van der Waals surface area contributed by atoms with Gasteiger partial charge in [-0.25, -0.2) is 9.36 Å². The van der Waals surface area contributed by atoms with Gasteiger partial charge in [-0.15, -0.1) is 0 Å². The Balaban J connectivity index is 1.72. The minimum atomic E-state index is -4.24. The predicted octanol–water partition coefficient (Wildman–Crippen LogP) is 1.44. The van der Waals surface area contributed by atoms with Crippen LogP contribution >= 0.6 is 7.75 Å². The molecule has 0 aromatic carbocycles. The summed E-state index contributed by atoms with van der Waals surface area (Å²) in [4.78, 5) is 42.3. The highest BCUT2D eigenvalue weighted by Gasteiger charge is 2.38. The van der Waals surface area contributed by atoms with Crippen molar-refractivity contribution in [2.24, 2.45) is 5.11 Å². The van der Waals surface area contributed by atoms with Gasteiger partial charge in [0.05, 0.1) is 18.8 Å². The summed E-state index contributed by atoms with van der Waals surface area (Å²) in [6.45, 7) is 1.16. The third kappa shape index (κ3) is 5.11. The van der Waals surface area contributed by atoms with Gasteiger partial charge in [0.25, 0.3) is 5.56 Å². The SMILES string of the molecule is Cc1cn([C@H]2CC(N=[N+]=[N-])[C@@H](COP(=O)(O)Nc3ccncc3)O2)c(=O)[nH]c1=O. The van der Waals surface area contributed by atoms with Gasteiger partial charge in [0.1, 0.15) is 6.23 Å². The molecule has 1 fully saturated rings. The first-order chi connectivity index (χ1) is 13.8. The number of rotatable bonds is 7. The first-order valence-corrected chi connectivity index (χ1v) is 10.0. The summed E-state index contributed by atoms with van der Waals surface area (Å²) < 4.78 is 24.2. The standard InChI is InChI=1S/C15H18N7O6P/c1-9-7-22(15(24)18-14(9)23)13-6-11(19-21-16)12(28-13)8-27-29(25,26)20-10-2-4-17-5-3-10/h2-5,7,11-13H,6,8H2,1H3,(H,18,23,24)(H2,17,20,25,26)/t11?,12-,13-/m1/s1. The van der Waals surface area contributed by atoms with Gasteiger partial charge in [0.2, 0.25) is 0 Å². The Labute approximate surface area is 163 Å². The van der Waals surface area contributed by atoms with E-state index in [2.05, 4.69) is 25.1 Å². The lowest BCUT2D eigenvalue weighted by atomic mass is 10.1. The topological polar surface area (TPSA) is 184 Å². The van der Waals surface area contributed by atoms with Gasteiger partial charge in [0.15, 0.2) is 0 Å². The summed E-state index contributed by atoms with van der Waals surface area (Å²) in [5.74, 6) is 0. The summed E-state index contributed by atoms with van der Waals surface area (Å²) in [7, 11) is -4.24. The average molecular weight is 423 g/mol. The zero-order valence-electron chi connectivity index (χ0n) is 15.2. The molecule has 2 unspecified atom stereocenters. The largest absolute Gasteiger partial charge is 0.430 e. The van der Waals surface area contributed by atoms with Gasteiger partial charge in [0, 0.05) is 41.2 Å². The van der Waals surface area contributed by atoms with Crippen molar-refractivity contribution in [3.05, 3.63) is 67.6 Å². The number of H-pyrrole nitrogens is 1. The maximum atomic E-state index is 12.2. The third-order valence-electron chi connectivity index (χ3n) is 4.22. The van der Waals surface area contributed by atoms with Crippen molar-refractivity contribution in [2.75, 3.05) is 11.7 Å². The van der Waals surface area contributed by atoms with Gasteiger partial charge in [-0.05, 0) is 24.6 Å². The Morgan fingerprint density at radius 2 is 2.24 bits per heavy atom. The smallest absolute Gasteiger partial charge is 0.352 e. The molecule has 29 heavy (non-hydrogen) atoms. The molecule has 154 valence electrons. The van der Waals surface area contributed by atoms with Crippen molar-refractivity contribution < 1.29 is 18.7 Å². The molecule has 14 heteroatoms. The van der Waals surface area contributed by atoms with E-state index in [-0.39, 0.29) is 13.0 Å². The maximum absolute atomic E-state index is 12.2. The van der Waals surface area contributed by atoms with Crippen LogP contribution in [0.5, 0.6) is 0 Å². The summed E-state index contributed by atoms with van der Waals surface area (Å²) in [5.41, 5.74) is 8.22. The van der Waals surface area contributed by atoms with Crippen molar-refractivity contribution in [2.45, 2.75) is 31.7 Å². The molecule has 2 aromatic heterocycles. The zero-order chi connectivity index (χ0) is 21.0. The zero-order valence-corrected chi connectivity index (χ0v) is 16.1. The number of nitrogens with one attached hydrogen (secondary N) is 2. The lowest BCUT2D eigenvalue weighted by molar-refractivity contribution is -0.0237. The second-order valence-electron chi connectivity index (χ2n) is 6.28. The molecule has 0 spiro atoms. The van der Waals surface area contributed by atoms with Gasteiger partial charge < -0.3 is 9.63 Å². The lowest BCUT2D eigenvalue weighted by Gasteiger charge is -2.19. The number of hydrogen-bond donors (Lipinski definition) is 3. The molecular weight excluding hydrogens is 405 g/mol. The third-order valence-corrected chi connectivity index (χ3v) is 5.26. The normalized spacial score (nSPS) is 23.2. The molecule has 3 N–H and O–H groups in total. The number of aryl methyl sites for hydroxylation is 1. The van der Waals surface area contributed by atoms with Crippen molar-refractivity contribution in [3.63, 3.8) is 0 Å². The lowest BCUT2D eigenvalue weighted by Crippen LogP contribution is -2.33. The summed E-state index contributed by atoms with van der Waals surface area (Å²) in [5, 5.41) is 5.97. The second-order valence-corrected chi connectivity index (χ2v) is 7.80. The Morgan fingerprint density at radius 3 is 2.93 bits per heavy atom. The van der Waals surface area contributed by atoms with Crippen LogP contribution in [0, 0.1) is 6.92 Å². The highest BCUT2D eigenvalue weighted by Crippen LogP contribution is 2.43. The summed E-state index contributed by atoms with van der Waals surface area (Å²) >= 11 is 0. The fourth-order valence-electron chi connectivity index (χ4n) is 2.82. The highest BCUT2D eigenvalue weighted by atomic mass is 31.2. The highest BCUT2D eigenvalue weighted by molar-refractivity contribution is 7.54. The van der Waals surface area contributed by atoms with Crippen molar-refractivity contribution in [1.82, 2.24) is 14.5 Å². The molecule has 0 bridgehead atoms. The number of pyridine rings is 1. The van der Waals surface area contributed by atoms with E-state index in [0.717, 1.165) is 0 Å². The Bertz CT molecular complexity index is 1080. The van der Waals surface area contributed by atoms with Crippen molar-refractivity contribution in [1.29, 1.82) is 0 Å². The van der Waals surface area contributed by atoms with Crippen molar-refractivity contribution >= 4 is 13.4 Å². The molecule has 3 rings (SSSR count). The monoisotopic (exact) mass is 423 g/mol. The fraction of sp³-hybridized carbons (Fsp3) is 0.400. The molecule has 13 nitrogen and oxygen atoms in total. The minimum Gasteiger partial charge on any atom is -0.352 e. The maximum Gasteiger partial charge on any atom is 0.430 e. The molecule has 1 aliphatic rings. The Hall–Kier alpha value is -2.95. The first kappa shape index (κ1) is 20.8. The van der Waals surface area contributed by atoms with Gasteiger partial charge in [-0.1, -0.05) is 5.11 Å². The molecular formula is C15H18N7O6P. The van der Waals surface area contributed by atoms with E-state index in [0.29, 0.717) is 11.3 Å². The molecule has 0 amide bonds. The van der Waals surface area contributed by atoms with Gasteiger partial charge in [-0.2, -0.15) is 0 Å². The molecule has 2 aromatic rings. The van der Waals surface area contributed by atoms with Crippen LogP contribution in [0.15, 0.2) is 45.4 Å². The van der Waals surface area contributed by atoms with Crippen LogP contribution in [0.25, 0.3) is 10.4 Å². The van der Waals surface area contributed by atoms with E-state index in [1.807, 2.05) is 0 Å². The van der Waals surface area contributed by atoms with Crippen LogP contribution in [0.1, 0.15) is 18.2 Å². The van der Waals surface area contributed by atoms with E-state index < -0.39 is 37.4 Å². The summed E-state index contributed by atoms with van der Waals surface area (Å²) in [6.07, 6.45) is 2.62. The van der Waals surface area contributed by atoms with Crippen LogP contribution in [0.3, 0.4) is 0 Å². The molecule has 1 saturated heterocycles. The molecule has 0 radical (unpaired) electrons. The Morgan fingerprint density at radius 1 is 1.52 bits per heavy atom. The van der Waals surface area contributed by atoms with E-state index in [1.54, 1.807) is 0 Å². The van der Waals surface area contributed by atoms with Crippen LogP contribution in [0.4, 0.5) is 5.69 Å². The van der Waals surface area contributed by atoms with E-state index in [9.17, 15) is 19.0 Å². The Kier molecular flexibility index (Phi) is 6.16. The fourth-order valence-corrected chi connectivity index (χ4v) is 3.71. The number of aromatic nitrogens is 3. The van der Waals surface area contributed by atoms with Crippen molar-refractivity contribution in [3.8, 4) is 0 Å². The van der Waals surface area contributed by atoms with Crippen LogP contribution in [-0.4, -0.2) is 38.2 Å². The minimum absolute atomic E-state index is 0.122. The molecule has 0 aliphatic carbocycles. The van der Waals surface area contributed by atoms with E-state index >= 15 is 0 Å². The van der Waals surface area contributed by atoms with E-state index in [4.69, 9.17) is 14.8 Å². The first-order valence-electron chi connectivity index (χ1n) is 8.46. The second kappa shape index (κ2) is 8.60. The van der Waals surface area contributed by atoms with Gasteiger partial charge >= 0.3 is 13.4 Å². The van der Waals surface area contributed by atoms with Crippen LogP contribution in [0.2, 0.25) is 0 Å². The van der Waals surface area contributed by atoms with E-state index in [1.165, 1.54) is 42.2 Å². The number of ether oxygens (including phenoxy) is 1. The predicted molar refractivity (Wildman–Crippen MR) is 101 cm³/mol. The molecule has 4 atom stereocenters. The summed E-state index contributed by atoms with van der Waals surface area (Å²) in [6, 6.07) is 2.23. The molecule has 1 aliphatic heterocycles. The van der Waals surface area contributed by atoms with Crippen LogP contribution < -0.4 is 16.3 Å². The van der Waals surface area contributed by atoms with Gasteiger partial charge in [-0.3, -0.25) is 28.9 Å². The molecule has 3 heterocycles. The van der Waals surface area contributed by atoms with Crippen LogP contribution in [-0.2, 0) is 13.8 Å². The quantitative estimate of drug-likeness (QED) is 0.258. The average Bonchev–Trinajstić information content (AvgIpc) is 3.06. The number of aromatic amines is 1.